The highest BCUT2D eigenvalue weighted by Gasteiger charge is 2.12. The topological polar surface area (TPSA) is 49.3 Å². The van der Waals surface area contributed by atoms with Crippen LogP contribution in [-0.2, 0) is 11.2 Å². The molecular formula is C12H16FNO2. The van der Waals surface area contributed by atoms with Crippen LogP contribution in [0.4, 0.5) is 4.39 Å². The SMILES string of the molecule is CC(=O)N[C@H](CO)Cc1ccc(C)cc1F. The van der Waals surface area contributed by atoms with E-state index in [1.54, 1.807) is 12.1 Å². The lowest BCUT2D eigenvalue weighted by molar-refractivity contribution is -0.119. The summed E-state index contributed by atoms with van der Waals surface area (Å²) in [6.45, 7) is 2.98. The number of amides is 1. The van der Waals surface area contributed by atoms with Crippen molar-refractivity contribution >= 4 is 5.91 Å². The zero-order chi connectivity index (χ0) is 12.1. The van der Waals surface area contributed by atoms with Crippen molar-refractivity contribution in [3.63, 3.8) is 0 Å². The zero-order valence-corrected chi connectivity index (χ0v) is 9.46. The number of halogens is 1. The molecule has 0 aromatic heterocycles. The van der Waals surface area contributed by atoms with E-state index in [1.807, 2.05) is 6.92 Å². The fourth-order valence-corrected chi connectivity index (χ4v) is 1.53. The van der Waals surface area contributed by atoms with E-state index in [9.17, 15) is 9.18 Å². The monoisotopic (exact) mass is 225 g/mol. The second kappa shape index (κ2) is 5.61. The van der Waals surface area contributed by atoms with Gasteiger partial charge in [-0.05, 0) is 30.5 Å². The molecule has 0 aliphatic carbocycles. The van der Waals surface area contributed by atoms with Crippen molar-refractivity contribution in [2.45, 2.75) is 26.3 Å². The number of carbonyl (C=O) groups excluding carboxylic acids is 1. The summed E-state index contributed by atoms with van der Waals surface area (Å²) >= 11 is 0. The molecule has 1 amide bonds. The third-order valence-corrected chi connectivity index (χ3v) is 2.30. The van der Waals surface area contributed by atoms with Crippen LogP contribution in [0.25, 0.3) is 0 Å². The quantitative estimate of drug-likeness (QED) is 0.808. The first-order valence-electron chi connectivity index (χ1n) is 5.16. The minimum atomic E-state index is -0.435. The number of aliphatic hydroxyl groups is 1. The number of rotatable bonds is 4. The van der Waals surface area contributed by atoms with Crippen LogP contribution in [0.5, 0.6) is 0 Å². The molecule has 4 heteroatoms. The van der Waals surface area contributed by atoms with Crippen molar-refractivity contribution in [2.75, 3.05) is 6.61 Å². The molecule has 0 aliphatic heterocycles. The Labute approximate surface area is 94.3 Å². The van der Waals surface area contributed by atoms with E-state index in [2.05, 4.69) is 5.32 Å². The molecule has 88 valence electrons. The Kier molecular flexibility index (Phi) is 4.43. The van der Waals surface area contributed by atoms with Gasteiger partial charge in [-0.2, -0.15) is 0 Å². The van der Waals surface area contributed by atoms with Crippen LogP contribution in [0.1, 0.15) is 18.1 Å². The molecule has 16 heavy (non-hydrogen) atoms. The van der Waals surface area contributed by atoms with Crippen LogP contribution in [0.15, 0.2) is 18.2 Å². The standard InChI is InChI=1S/C12H16FNO2/c1-8-3-4-10(12(13)5-8)6-11(7-15)14-9(2)16/h3-5,11,15H,6-7H2,1-2H3,(H,14,16)/t11-/m0/s1. The highest BCUT2D eigenvalue weighted by atomic mass is 19.1. The van der Waals surface area contributed by atoms with E-state index in [-0.39, 0.29) is 18.3 Å². The number of hydrogen-bond donors (Lipinski definition) is 2. The summed E-state index contributed by atoms with van der Waals surface area (Å²) in [6.07, 6.45) is 0.294. The molecule has 0 unspecified atom stereocenters. The molecule has 1 atom stereocenters. The maximum Gasteiger partial charge on any atom is 0.217 e. The maximum atomic E-state index is 13.5. The first-order valence-corrected chi connectivity index (χ1v) is 5.16. The Bertz CT molecular complexity index is 379. The lowest BCUT2D eigenvalue weighted by Crippen LogP contribution is -2.37. The Morgan fingerprint density at radius 1 is 1.56 bits per heavy atom. The predicted octanol–water partition coefficient (Wildman–Crippen LogP) is 1.17. The molecule has 1 aromatic carbocycles. The van der Waals surface area contributed by atoms with E-state index in [0.29, 0.717) is 12.0 Å². The third-order valence-electron chi connectivity index (χ3n) is 2.30. The molecule has 1 aromatic rings. The van der Waals surface area contributed by atoms with Crippen molar-refractivity contribution in [3.05, 3.63) is 35.1 Å². The summed E-state index contributed by atoms with van der Waals surface area (Å²) in [5.41, 5.74) is 1.35. The molecule has 0 heterocycles. The van der Waals surface area contributed by atoms with Gasteiger partial charge in [0.05, 0.1) is 12.6 Å². The van der Waals surface area contributed by atoms with E-state index in [4.69, 9.17) is 5.11 Å². The van der Waals surface area contributed by atoms with Crippen molar-refractivity contribution in [1.82, 2.24) is 5.32 Å². The van der Waals surface area contributed by atoms with Gasteiger partial charge in [-0.25, -0.2) is 4.39 Å². The van der Waals surface area contributed by atoms with Crippen LogP contribution in [0, 0.1) is 12.7 Å². The normalized spacial score (nSPS) is 12.2. The Hall–Kier alpha value is -1.42. The highest BCUT2D eigenvalue weighted by Crippen LogP contribution is 2.11. The molecule has 0 fully saturated rings. The fraction of sp³-hybridized carbons (Fsp3) is 0.417. The summed E-state index contributed by atoms with van der Waals surface area (Å²) in [5, 5.41) is 11.6. The van der Waals surface area contributed by atoms with Crippen molar-refractivity contribution in [3.8, 4) is 0 Å². The second-order valence-corrected chi connectivity index (χ2v) is 3.88. The average Bonchev–Trinajstić information content (AvgIpc) is 2.20. The third kappa shape index (κ3) is 3.62. The number of nitrogens with one attached hydrogen (secondary N) is 1. The summed E-state index contributed by atoms with van der Waals surface area (Å²) in [7, 11) is 0. The fourth-order valence-electron chi connectivity index (χ4n) is 1.53. The number of aliphatic hydroxyl groups excluding tert-OH is 1. The molecule has 0 radical (unpaired) electrons. The smallest absolute Gasteiger partial charge is 0.217 e. The van der Waals surface area contributed by atoms with Gasteiger partial charge >= 0.3 is 0 Å². The minimum absolute atomic E-state index is 0.201. The molecule has 3 nitrogen and oxygen atoms in total. The van der Waals surface area contributed by atoms with Crippen LogP contribution < -0.4 is 5.32 Å². The van der Waals surface area contributed by atoms with Crippen LogP contribution >= 0.6 is 0 Å². The Morgan fingerprint density at radius 2 is 2.25 bits per heavy atom. The van der Waals surface area contributed by atoms with E-state index < -0.39 is 6.04 Å². The Morgan fingerprint density at radius 3 is 2.75 bits per heavy atom. The summed E-state index contributed by atoms with van der Waals surface area (Å²) in [6, 6.07) is 4.49. The number of benzene rings is 1. The van der Waals surface area contributed by atoms with E-state index in [1.165, 1.54) is 13.0 Å². The number of hydrogen-bond acceptors (Lipinski definition) is 2. The van der Waals surface area contributed by atoms with Gasteiger partial charge in [0.2, 0.25) is 5.91 Å². The number of carbonyl (C=O) groups is 1. The van der Waals surface area contributed by atoms with Crippen LogP contribution in [0.3, 0.4) is 0 Å². The Balaban J connectivity index is 2.73. The largest absolute Gasteiger partial charge is 0.394 e. The lowest BCUT2D eigenvalue weighted by atomic mass is 10.0. The van der Waals surface area contributed by atoms with Gasteiger partial charge in [-0.15, -0.1) is 0 Å². The van der Waals surface area contributed by atoms with E-state index in [0.717, 1.165) is 5.56 Å². The second-order valence-electron chi connectivity index (χ2n) is 3.88. The first kappa shape index (κ1) is 12.6. The lowest BCUT2D eigenvalue weighted by Gasteiger charge is -2.15. The molecule has 0 saturated carbocycles. The maximum absolute atomic E-state index is 13.5. The molecule has 0 spiro atoms. The van der Waals surface area contributed by atoms with Crippen molar-refractivity contribution in [1.29, 1.82) is 0 Å². The molecular weight excluding hydrogens is 209 g/mol. The van der Waals surface area contributed by atoms with E-state index >= 15 is 0 Å². The zero-order valence-electron chi connectivity index (χ0n) is 9.46. The molecule has 0 bridgehead atoms. The van der Waals surface area contributed by atoms with Crippen LogP contribution in [-0.4, -0.2) is 23.7 Å². The van der Waals surface area contributed by atoms with Gasteiger partial charge in [0.15, 0.2) is 0 Å². The summed E-state index contributed by atoms with van der Waals surface area (Å²) in [5.74, 6) is -0.532. The van der Waals surface area contributed by atoms with Gasteiger partial charge in [0.1, 0.15) is 5.82 Å². The van der Waals surface area contributed by atoms with Gasteiger partial charge < -0.3 is 10.4 Å². The average molecular weight is 225 g/mol. The van der Waals surface area contributed by atoms with Gasteiger partial charge in [0.25, 0.3) is 0 Å². The summed E-state index contributed by atoms with van der Waals surface area (Å²) in [4.78, 5) is 10.8. The van der Waals surface area contributed by atoms with Crippen LogP contribution in [0.2, 0.25) is 0 Å². The molecule has 0 saturated heterocycles. The molecule has 2 N–H and O–H groups in total. The minimum Gasteiger partial charge on any atom is -0.394 e. The van der Waals surface area contributed by atoms with Gasteiger partial charge in [-0.3, -0.25) is 4.79 Å². The van der Waals surface area contributed by atoms with Gasteiger partial charge in [0, 0.05) is 6.92 Å². The highest BCUT2D eigenvalue weighted by molar-refractivity contribution is 5.73. The number of aryl methyl sites for hydroxylation is 1. The van der Waals surface area contributed by atoms with Crippen molar-refractivity contribution in [2.24, 2.45) is 0 Å². The van der Waals surface area contributed by atoms with Crippen molar-refractivity contribution < 1.29 is 14.3 Å². The molecule has 0 aliphatic rings. The predicted molar refractivity (Wildman–Crippen MR) is 59.5 cm³/mol. The first-order chi connectivity index (χ1) is 7.52. The summed E-state index contributed by atoms with van der Waals surface area (Å²) < 4.78 is 13.5. The molecule has 1 rings (SSSR count). The van der Waals surface area contributed by atoms with Gasteiger partial charge in [-0.1, -0.05) is 12.1 Å².